The van der Waals surface area contributed by atoms with E-state index in [1.807, 2.05) is 7.05 Å². The highest BCUT2D eigenvalue weighted by Gasteiger charge is 2.21. The highest BCUT2D eigenvalue weighted by Crippen LogP contribution is 2.13. The highest BCUT2D eigenvalue weighted by molar-refractivity contribution is 5.93. The van der Waals surface area contributed by atoms with Crippen LogP contribution in [0.4, 0.5) is 5.69 Å². The Kier molecular flexibility index (Phi) is 4.47. The Bertz CT molecular complexity index is 433. The number of aromatic nitrogens is 1. The van der Waals surface area contributed by atoms with E-state index in [4.69, 9.17) is 5.73 Å². The molecule has 0 unspecified atom stereocenters. The average molecular weight is 264 g/mol. The summed E-state index contributed by atoms with van der Waals surface area (Å²) in [5.41, 5.74) is 6.96. The summed E-state index contributed by atoms with van der Waals surface area (Å²) in [6, 6.07) is 2.01. The number of nitrogens with zero attached hydrogens (tertiary/aromatic N) is 2. The molecular formula is C14H24N4O. The van der Waals surface area contributed by atoms with Crippen molar-refractivity contribution >= 4 is 11.6 Å². The van der Waals surface area contributed by atoms with Gasteiger partial charge in [-0.05, 0) is 31.9 Å². The van der Waals surface area contributed by atoms with Crippen molar-refractivity contribution in [1.29, 1.82) is 0 Å². The molecule has 0 atom stereocenters. The zero-order valence-electron chi connectivity index (χ0n) is 11.9. The molecule has 1 amide bonds. The second-order valence-electron chi connectivity index (χ2n) is 5.36. The lowest BCUT2D eigenvalue weighted by Crippen LogP contribution is -2.45. The van der Waals surface area contributed by atoms with Crippen molar-refractivity contribution in [2.24, 2.45) is 7.05 Å². The number of carbonyl (C=O) groups is 1. The lowest BCUT2D eigenvalue weighted by atomic mass is 10.0. The summed E-state index contributed by atoms with van der Waals surface area (Å²) in [5, 5.41) is 3.11. The van der Waals surface area contributed by atoms with Crippen LogP contribution in [0.1, 0.15) is 36.7 Å². The van der Waals surface area contributed by atoms with E-state index >= 15 is 0 Å². The minimum absolute atomic E-state index is 0.0202. The average Bonchev–Trinajstić information content (AvgIpc) is 2.71. The molecule has 5 nitrogen and oxygen atoms in total. The van der Waals surface area contributed by atoms with Gasteiger partial charge < -0.3 is 20.5 Å². The predicted octanol–water partition coefficient (Wildman–Crippen LogP) is 1.21. The fourth-order valence-electron chi connectivity index (χ4n) is 2.69. The molecule has 0 bridgehead atoms. The van der Waals surface area contributed by atoms with Crippen molar-refractivity contribution in [1.82, 2.24) is 14.8 Å². The molecule has 2 heterocycles. The van der Waals surface area contributed by atoms with Crippen molar-refractivity contribution < 1.29 is 4.79 Å². The van der Waals surface area contributed by atoms with Crippen LogP contribution in [0.3, 0.4) is 0 Å². The number of likely N-dealkylation sites (tertiary alicyclic amines) is 1. The highest BCUT2D eigenvalue weighted by atomic mass is 16.2. The van der Waals surface area contributed by atoms with Crippen molar-refractivity contribution in [3.63, 3.8) is 0 Å². The minimum Gasteiger partial charge on any atom is -0.397 e. The molecular weight excluding hydrogens is 240 g/mol. The van der Waals surface area contributed by atoms with E-state index < -0.39 is 0 Å². The quantitative estimate of drug-likeness (QED) is 0.859. The van der Waals surface area contributed by atoms with E-state index in [0.29, 0.717) is 11.4 Å². The monoisotopic (exact) mass is 264 g/mol. The molecule has 1 aliphatic rings. The molecule has 3 N–H and O–H groups in total. The zero-order valence-corrected chi connectivity index (χ0v) is 11.9. The smallest absolute Gasteiger partial charge is 0.268 e. The van der Waals surface area contributed by atoms with Crippen LogP contribution < -0.4 is 11.1 Å². The molecule has 19 heavy (non-hydrogen) atoms. The van der Waals surface area contributed by atoms with Crippen molar-refractivity contribution in [3.05, 3.63) is 18.0 Å². The summed E-state index contributed by atoms with van der Waals surface area (Å²) >= 11 is 0. The number of nitrogens with two attached hydrogens (primary N) is 1. The van der Waals surface area contributed by atoms with Crippen LogP contribution in [0.25, 0.3) is 0 Å². The fraction of sp³-hybridized carbons (Fsp3) is 0.643. The first-order valence-electron chi connectivity index (χ1n) is 7.05. The number of hydrogen-bond donors (Lipinski definition) is 2. The van der Waals surface area contributed by atoms with Gasteiger partial charge in [0.15, 0.2) is 0 Å². The van der Waals surface area contributed by atoms with E-state index in [0.717, 1.165) is 32.5 Å². The molecule has 1 aromatic heterocycles. The van der Waals surface area contributed by atoms with Crippen molar-refractivity contribution in [3.8, 4) is 0 Å². The van der Waals surface area contributed by atoms with Crippen LogP contribution in [-0.2, 0) is 7.05 Å². The van der Waals surface area contributed by atoms with E-state index in [1.165, 1.54) is 6.42 Å². The van der Waals surface area contributed by atoms with Gasteiger partial charge in [0, 0.05) is 32.4 Å². The number of anilines is 1. The van der Waals surface area contributed by atoms with Gasteiger partial charge in [-0.3, -0.25) is 4.79 Å². The first-order chi connectivity index (χ1) is 9.10. The first-order valence-corrected chi connectivity index (χ1v) is 7.05. The van der Waals surface area contributed by atoms with Gasteiger partial charge >= 0.3 is 0 Å². The molecule has 0 spiro atoms. The van der Waals surface area contributed by atoms with E-state index in [-0.39, 0.29) is 11.9 Å². The third-order valence-electron chi connectivity index (χ3n) is 3.72. The number of aryl methyl sites for hydroxylation is 1. The third kappa shape index (κ3) is 3.50. The van der Waals surface area contributed by atoms with Gasteiger partial charge in [0.25, 0.3) is 5.91 Å². The lowest BCUT2D eigenvalue weighted by molar-refractivity contribution is 0.0903. The van der Waals surface area contributed by atoms with Gasteiger partial charge in [-0.15, -0.1) is 0 Å². The topological polar surface area (TPSA) is 63.3 Å². The van der Waals surface area contributed by atoms with Gasteiger partial charge in [-0.25, -0.2) is 0 Å². The Hall–Kier alpha value is -1.49. The molecule has 106 valence electrons. The van der Waals surface area contributed by atoms with Gasteiger partial charge in [-0.2, -0.15) is 0 Å². The molecule has 1 saturated heterocycles. The summed E-state index contributed by atoms with van der Waals surface area (Å²) in [5.74, 6) is -0.0202. The third-order valence-corrected chi connectivity index (χ3v) is 3.72. The van der Waals surface area contributed by atoms with Crippen LogP contribution in [0.15, 0.2) is 12.3 Å². The number of hydrogen-bond acceptors (Lipinski definition) is 3. The maximum absolute atomic E-state index is 12.2. The van der Waals surface area contributed by atoms with E-state index in [2.05, 4.69) is 17.1 Å². The number of amides is 1. The van der Waals surface area contributed by atoms with Gasteiger partial charge in [0.05, 0.1) is 5.69 Å². The van der Waals surface area contributed by atoms with Gasteiger partial charge in [0.1, 0.15) is 5.69 Å². The van der Waals surface area contributed by atoms with Gasteiger partial charge in [0.2, 0.25) is 0 Å². The van der Waals surface area contributed by atoms with Crippen LogP contribution in [0.2, 0.25) is 0 Å². The van der Waals surface area contributed by atoms with Crippen LogP contribution in [-0.4, -0.2) is 41.1 Å². The lowest BCUT2D eigenvalue weighted by Gasteiger charge is -2.32. The van der Waals surface area contributed by atoms with E-state index in [9.17, 15) is 4.79 Å². The van der Waals surface area contributed by atoms with Gasteiger partial charge in [-0.1, -0.05) is 6.92 Å². The molecule has 1 aliphatic heterocycles. The number of nitrogens with one attached hydrogen (secondary N) is 1. The number of nitrogen functional groups attached to an aromatic ring is 1. The Labute approximate surface area is 114 Å². The Morgan fingerprint density at radius 2 is 2.16 bits per heavy atom. The van der Waals surface area contributed by atoms with Crippen molar-refractivity contribution in [2.75, 3.05) is 25.4 Å². The molecule has 0 saturated carbocycles. The van der Waals surface area contributed by atoms with Crippen LogP contribution in [0.5, 0.6) is 0 Å². The maximum atomic E-state index is 12.2. The molecule has 0 aromatic carbocycles. The predicted molar refractivity (Wildman–Crippen MR) is 77.0 cm³/mol. The van der Waals surface area contributed by atoms with Crippen LogP contribution in [0, 0.1) is 0 Å². The number of carbonyl (C=O) groups excluding carboxylic acids is 1. The second-order valence-corrected chi connectivity index (χ2v) is 5.36. The normalized spacial score (nSPS) is 17.6. The Morgan fingerprint density at radius 1 is 1.47 bits per heavy atom. The SMILES string of the molecule is CCCN1CCC(NC(=O)c2cc(N)cn2C)CC1. The summed E-state index contributed by atoms with van der Waals surface area (Å²) < 4.78 is 1.77. The standard InChI is InChI=1S/C14H24N4O/c1-3-6-18-7-4-12(5-8-18)16-14(19)13-9-11(15)10-17(13)2/h9-10,12H,3-8,15H2,1-2H3,(H,16,19). The fourth-order valence-corrected chi connectivity index (χ4v) is 2.69. The molecule has 1 aromatic rings. The maximum Gasteiger partial charge on any atom is 0.268 e. The van der Waals surface area contributed by atoms with Crippen LogP contribution >= 0.6 is 0 Å². The Morgan fingerprint density at radius 3 is 2.68 bits per heavy atom. The summed E-state index contributed by atoms with van der Waals surface area (Å²) in [6.45, 7) is 5.52. The Balaban J connectivity index is 1.85. The molecule has 0 radical (unpaired) electrons. The molecule has 2 rings (SSSR count). The number of rotatable bonds is 4. The number of piperidine rings is 1. The molecule has 5 heteroatoms. The summed E-state index contributed by atoms with van der Waals surface area (Å²) in [6.07, 6.45) is 5.02. The molecule has 0 aliphatic carbocycles. The van der Waals surface area contributed by atoms with E-state index in [1.54, 1.807) is 16.8 Å². The zero-order chi connectivity index (χ0) is 13.8. The van der Waals surface area contributed by atoms with Crippen molar-refractivity contribution in [2.45, 2.75) is 32.2 Å². The minimum atomic E-state index is -0.0202. The first kappa shape index (κ1) is 13.9. The summed E-state index contributed by atoms with van der Waals surface area (Å²) in [7, 11) is 1.84. The summed E-state index contributed by atoms with van der Waals surface area (Å²) in [4.78, 5) is 14.6. The second kappa shape index (κ2) is 6.10. The largest absolute Gasteiger partial charge is 0.397 e. The molecule has 1 fully saturated rings.